The maximum atomic E-state index is 6.43. The molecule has 0 aliphatic rings. The van der Waals surface area contributed by atoms with Gasteiger partial charge >= 0.3 is 8.80 Å². The molecule has 0 aromatic rings. The van der Waals surface area contributed by atoms with Crippen LogP contribution >= 0.6 is 0 Å². The van der Waals surface area contributed by atoms with Gasteiger partial charge < -0.3 is 12.3 Å². The topological polar surface area (TPSA) is 27.7 Å². The van der Waals surface area contributed by atoms with Gasteiger partial charge in [0.15, 0.2) is 25.0 Å². The third kappa shape index (κ3) is 8.78. The van der Waals surface area contributed by atoms with Crippen LogP contribution in [-0.2, 0) is 12.3 Å². The highest BCUT2D eigenvalue weighted by Gasteiger charge is 2.48. The summed E-state index contributed by atoms with van der Waals surface area (Å²) < 4.78 is 19.3. The maximum absolute atomic E-state index is 6.43. The summed E-state index contributed by atoms with van der Waals surface area (Å²) in [7, 11) is -7.46. The molecular formula is C11H32O3Si4. The van der Waals surface area contributed by atoms with Crippen molar-refractivity contribution in [1.29, 1.82) is 0 Å². The number of hydrogen-bond donors (Lipinski definition) is 0. The fourth-order valence-corrected chi connectivity index (χ4v) is 16.2. The Morgan fingerprint density at radius 1 is 0.556 bits per heavy atom. The zero-order chi connectivity index (χ0) is 14.8. The van der Waals surface area contributed by atoms with Crippen molar-refractivity contribution in [3.05, 3.63) is 0 Å². The lowest BCUT2D eigenvalue weighted by Gasteiger charge is -2.42. The first kappa shape index (κ1) is 18.7. The average Bonchev–Trinajstić information content (AvgIpc) is 1.93. The van der Waals surface area contributed by atoms with Crippen LogP contribution in [0.4, 0.5) is 0 Å². The van der Waals surface area contributed by atoms with E-state index in [1.54, 1.807) is 0 Å². The lowest BCUT2D eigenvalue weighted by Crippen LogP contribution is -2.60. The number of rotatable bonds is 7. The smallest absolute Gasteiger partial charge is 0.417 e. The molecule has 18 heavy (non-hydrogen) atoms. The van der Waals surface area contributed by atoms with Crippen LogP contribution in [0, 0.1) is 0 Å². The van der Waals surface area contributed by atoms with Crippen LogP contribution in [0.5, 0.6) is 0 Å². The molecule has 0 aliphatic carbocycles. The molecule has 0 aliphatic heterocycles. The number of hydrogen-bond acceptors (Lipinski definition) is 3. The normalized spacial score (nSPS) is 15.0. The van der Waals surface area contributed by atoms with Gasteiger partial charge in [-0.1, -0.05) is 6.92 Å². The van der Waals surface area contributed by atoms with Crippen molar-refractivity contribution in [2.75, 3.05) is 0 Å². The van der Waals surface area contributed by atoms with Crippen molar-refractivity contribution in [3.63, 3.8) is 0 Å². The lowest BCUT2D eigenvalue weighted by molar-refractivity contribution is 0.254. The van der Waals surface area contributed by atoms with Crippen LogP contribution in [0.2, 0.25) is 65.0 Å². The van der Waals surface area contributed by atoms with E-state index in [2.05, 4.69) is 65.8 Å². The van der Waals surface area contributed by atoms with E-state index < -0.39 is 33.8 Å². The highest BCUT2D eigenvalue weighted by molar-refractivity contribution is 6.90. The Labute approximate surface area is 118 Å². The summed E-state index contributed by atoms with van der Waals surface area (Å²) >= 11 is 0. The fourth-order valence-electron chi connectivity index (χ4n) is 1.68. The molecule has 0 saturated carbocycles. The van der Waals surface area contributed by atoms with Gasteiger partial charge in [-0.05, 0) is 58.9 Å². The molecule has 0 amide bonds. The highest BCUT2D eigenvalue weighted by Crippen LogP contribution is 2.28. The van der Waals surface area contributed by atoms with Gasteiger partial charge in [0.25, 0.3) is 0 Å². The Morgan fingerprint density at radius 3 is 0.889 bits per heavy atom. The first-order valence-corrected chi connectivity index (χ1v) is 18.9. The standard InChI is InChI=1S/C11H32O3Si4/c1-11-18(12-15(2,3)4,13-16(5,6)7)14-17(8,9)10/h11H2,1-10H3. The molecule has 0 unspecified atom stereocenters. The van der Waals surface area contributed by atoms with Crippen molar-refractivity contribution in [2.45, 2.75) is 71.9 Å². The van der Waals surface area contributed by atoms with Gasteiger partial charge in [-0.15, -0.1) is 0 Å². The SMILES string of the molecule is CC[Si](O[Si](C)(C)C)(O[Si](C)(C)C)O[Si](C)(C)C. The van der Waals surface area contributed by atoms with Gasteiger partial charge in [0, 0.05) is 6.04 Å². The van der Waals surface area contributed by atoms with E-state index >= 15 is 0 Å². The van der Waals surface area contributed by atoms with Gasteiger partial charge in [-0.3, -0.25) is 0 Å². The van der Waals surface area contributed by atoms with Crippen molar-refractivity contribution < 1.29 is 12.3 Å². The molecule has 0 saturated heterocycles. The highest BCUT2D eigenvalue weighted by atomic mass is 28.5. The predicted molar refractivity (Wildman–Crippen MR) is 89.5 cm³/mol. The van der Waals surface area contributed by atoms with Gasteiger partial charge in [0.2, 0.25) is 0 Å². The minimum atomic E-state index is -2.49. The van der Waals surface area contributed by atoms with E-state index in [0.29, 0.717) is 0 Å². The lowest BCUT2D eigenvalue weighted by atomic mass is 11.0. The monoisotopic (exact) mass is 324 g/mol. The molecule has 0 fully saturated rings. The first-order valence-electron chi connectivity index (χ1n) is 6.79. The van der Waals surface area contributed by atoms with E-state index in [4.69, 9.17) is 12.3 Å². The van der Waals surface area contributed by atoms with Crippen LogP contribution in [0.3, 0.4) is 0 Å². The minimum Gasteiger partial charge on any atom is -0.417 e. The van der Waals surface area contributed by atoms with Gasteiger partial charge in [-0.25, -0.2) is 0 Å². The van der Waals surface area contributed by atoms with Crippen molar-refractivity contribution in [2.24, 2.45) is 0 Å². The zero-order valence-electron chi connectivity index (χ0n) is 13.9. The van der Waals surface area contributed by atoms with E-state index in [9.17, 15) is 0 Å². The second kappa shape index (κ2) is 6.02. The molecule has 0 rings (SSSR count). The fraction of sp³-hybridized carbons (Fsp3) is 1.00. The van der Waals surface area contributed by atoms with Gasteiger partial charge in [0.05, 0.1) is 0 Å². The Hall–Kier alpha value is 0.748. The summed E-state index contributed by atoms with van der Waals surface area (Å²) in [6.45, 7) is 22.1. The summed E-state index contributed by atoms with van der Waals surface area (Å²) in [6, 6.07) is 0.881. The summed E-state index contributed by atoms with van der Waals surface area (Å²) in [5, 5.41) is 0. The van der Waals surface area contributed by atoms with Crippen LogP contribution < -0.4 is 0 Å². The molecule has 0 N–H and O–H groups in total. The molecule has 0 heterocycles. The van der Waals surface area contributed by atoms with Gasteiger partial charge in [0.1, 0.15) is 0 Å². The predicted octanol–water partition coefficient (Wildman–Crippen LogP) is 4.50. The first-order chi connectivity index (χ1) is 7.68. The zero-order valence-corrected chi connectivity index (χ0v) is 17.9. The van der Waals surface area contributed by atoms with Crippen molar-refractivity contribution in [3.8, 4) is 0 Å². The summed E-state index contributed by atoms with van der Waals surface area (Å²) in [4.78, 5) is 0. The Kier molecular flexibility index (Phi) is 6.27. The second-order valence-electron chi connectivity index (χ2n) is 7.68. The van der Waals surface area contributed by atoms with Crippen molar-refractivity contribution in [1.82, 2.24) is 0 Å². The van der Waals surface area contributed by atoms with E-state index in [-0.39, 0.29) is 0 Å². The van der Waals surface area contributed by atoms with E-state index in [0.717, 1.165) is 6.04 Å². The molecule has 3 nitrogen and oxygen atoms in total. The maximum Gasteiger partial charge on any atom is 0.469 e. The summed E-state index contributed by atoms with van der Waals surface area (Å²) in [5.41, 5.74) is 0. The second-order valence-corrected chi connectivity index (χ2v) is 24.9. The molecule has 110 valence electrons. The quantitative estimate of drug-likeness (QED) is 0.645. The summed E-state index contributed by atoms with van der Waals surface area (Å²) in [6.07, 6.45) is 0. The van der Waals surface area contributed by atoms with Crippen LogP contribution in [0.25, 0.3) is 0 Å². The molecule has 0 aromatic carbocycles. The Bertz CT molecular complexity index is 222. The van der Waals surface area contributed by atoms with Gasteiger partial charge in [-0.2, -0.15) is 0 Å². The van der Waals surface area contributed by atoms with E-state index in [1.807, 2.05) is 0 Å². The molecule has 0 radical (unpaired) electrons. The molecule has 7 heteroatoms. The Balaban J connectivity index is 5.20. The largest absolute Gasteiger partial charge is 0.469 e. The average molecular weight is 325 g/mol. The minimum absolute atomic E-state index is 0.881. The van der Waals surface area contributed by atoms with Crippen molar-refractivity contribution >= 4 is 33.8 Å². The molecule has 0 aromatic heterocycles. The van der Waals surface area contributed by atoms with E-state index in [1.165, 1.54) is 0 Å². The Morgan fingerprint density at radius 2 is 0.778 bits per heavy atom. The van der Waals surface area contributed by atoms with Crippen LogP contribution in [0.1, 0.15) is 6.92 Å². The molecule has 0 atom stereocenters. The third-order valence-corrected chi connectivity index (χ3v) is 13.8. The molecular weight excluding hydrogens is 292 g/mol. The summed E-state index contributed by atoms with van der Waals surface area (Å²) in [5.74, 6) is 0. The third-order valence-electron chi connectivity index (χ3n) is 1.82. The molecule has 0 spiro atoms. The van der Waals surface area contributed by atoms with Crippen LogP contribution in [-0.4, -0.2) is 33.8 Å². The molecule has 0 bridgehead atoms. The van der Waals surface area contributed by atoms with Crippen LogP contribution in [0.15, 0.2) is 0 Å².